The molecule has 1 unspecified atom stereocenters. The van der Waals surface area contributed by atoms with Crippen molar-refractivity contribution >= 4 is 34.0 Å². The summed E-state index contributed by atoms with van der Waals surface area (Å²) in [5.74, 6) is -0.134. The molecular formula is C18H30ClN3O4S. The average molecular weight is 420 g/mol. The molecule has 7 nitrogen and oxygen atoms in total. The van der Waals surface area contributed by atoms with E-state index >= 15 is 0 Å². The lowest BCUT2D eigenvalue weighted by atomic mass is 9.78. The monoisotopic (exact) mass is 419 g/mol. The second-order valence-electron chi connectivity index (χ2n) is 6.88. The molecule has 1 amide bonds. The predicted octanol–water partition coefficient (Wildman–Crippen LogP) is 2.14. The number of carbonyl (C=O) groups is 1. The van der Waals surface area contributed by atoms with Gasteiger partial charge in [-0.3, -0.25) is 4.79 Å². The molecule has 9 heteroatoms. The predicted molar refractivity (Wildman–Crippen MR) is 109 cm³/mol. The summed E-state index contributed by atoms with van der Waals surface area (Å²) in [6, 6.07) is 6.19. The number of rotatable bonds is 8. The van der Waals surface area contributed by atoms with Crippen molar-refractivity contribution in [2.24, 2.45) is 5.41 Å². The van der Waals surface area contributed by atoms with E-state index in [0.717, 1.165) is 13.1 Å². The van der Waals surface area contributed by atoms with E-state index in [2.05, 4.69) is 15.4 Å². The van der Waals surface area contributed by atoms with Crippen LogP contribution in [-0.4, -0.2) is 47.2 Å². The Labute approximate surface area is 168 Å². The van der Waals surface area contributed by atoms with Crippen molar-refractivity contribution < 1.29 is 17.9 Å². The Morgan fingerprint density at radius 1 is 1.33 bits per heavy atom. The molecule has 0 aliphatic carbocycles. The molecule has 0 bridgehead atoms. The van der Waals surface area contributed by atoms with E-state index < -0.39 is 15.4 Å². The van der Waals surface area contributed by atoms with Crippen molar-refractivity contribution in [2.75, 3.05) is 32.1 Å². The fourth-order valence-corrected chi connectivity index (χ4v) is 4.41. The maximum absolute atomic E-state index is 12.9. The first-order chi connectivity index (χ1) is 12.3. The molecular weight excluding hydrogens is 390 g/mol. The lowest BCUT2D eigenvalue weighted by Crippen LogP contribution is -2.47. The van der Waals surface area contributed by atoms with E-state index in [1.807, 2.05) is 13.8 Å². The van der Waals surface area contributed by atoms with Gasteiger partial charge in [0.05, 0.1) is 16.9 Å². The largest absolute Gasteiger partial charge is 0.384 e. The Hall–Kier alpha value is -1.19. The Bertz CT molecular complexity index is 716. The van der Waals surface area contributed by atoms with Gasteiger partial charge in [0.25, 0.3) is 0 Å². The summed E-state index contributed by atoms with van der Waals surface area (Å²) in [5.41, 5.74) is -0.125. The zero-order valence-corrected chi connectivity index (χ0v) is 17.7. The molecule has 1 saturated heterocycles. The first-order valence-electron chi connectivity index (χ1n) is 8.96. The molecule has 1 aliphatic rings. The highest BCUT2D eigenvalue weighted by Gasteiger charge is 2.39. The van der Waals surface area contributed by atoms with E-state index in [4.69, 9.17) is 4.74 Å². The van der Waals surface area contributed by atoms with Crippen molar-refractivity contribution in [3.8, 4) is 0 Å². The second-order valence-corrected chi connectivity index (χ2v) is 8.59. The van der Waals surface area contributed by atoms with Gasteiger partial charge in [0.1, 0.15) is 0 Å². The van der Waals surface area contributed by atoms with Crippen molar-refractivity contribution in [1.29, 1.82) is 0 Å². The van der Waals surface area contributed by atoms with Gasteiger partial charge in [-0.05, 0) is 57.5 Å². The van der Waals surface area contributed by atoms with E-state index in [9.17, 15) is 13.2 Å². The summed E-state index contributed by atoms with van der Waals surface area (Å²) >= 11 is 0. The summed E-state index contributed by atoms with van der Waals surface area (Å²) in [5, 5.41) is 6.12. The SMILES string of the molecule is CCC(C)NS(=O)(=O)c1cccc(NC(=O)C2(COC)CCNCC2)c1.Cl. The van der Waals surface area contributed by atoms with E-state index in [1.54, 1.807) is 19.2 Å². The minimum Gasteiger partial charge on any atom is -0.384 e. The van der Waals surface area contributed by atoms with Gasteiger partial charge in [-0.25, -0.2) is 13.1 Å². The van der Waals surface area contributed by atoms with Crippen LogP contribution in [-0.2, 0) is 19.6 Å². The number of methoxy groups -OCH3 is 1. The standard InChI is InChI=1S/C18H29N3O4S.ClH/c1-4-14(2)21-26(23,24)16-7-5-6-15(12-16)20-17(22)18(13-25-3)8-10-19-11-9-18;/h5-7,12,14,19,21H,4,8-11,13H2,1-3H3,(H,20,22);1H. The molecule has 1 aromatic carbocycles. The van der Waals surface area contributed by atoms with Gasteiger partial charge in [-0.15, -0.1) is 12.4 Å². The van der Waals surface area contributed by atoms with Crippen LogP contribution in [0.3, 0.4) is 0 Å². The molecule has 3 N–H and O–H groups in total. The summed E-state index contributed by atoms with van der Waals surface area (Å²) in [6.45, 7) is 5.58. The maximum atomic E-state index is 12.9. The summed E-state index contributed by atoms with van der Waals surface area (Å²) in [6.07, 6.45) is 2.06. The highest BCUT2D eigenvalue weighted by molar-refractivity contribution is 7.89. The molecule has 1 heterocycles. The van der Waals surface area contributed by atoms with Gasteiger partial charge in [0.2, 0.25) is 15.9 Å². The first-order valence-corrected chi connectivity index (χ1v) is 10.4. The fourth-order valence-electron chi connectivity index (χ4n) is 3.04. The summed E-state index contributed by atoms with van der Waals surface area (Å²) in [7, 11) is -2.03. The summed E-state index contributed by atoms with van der Waals surface area (Å²) < 4.78 is 32.8. The van der Waals surface area contributed by atoms with Crippen LogP contribution in [0, 0.1) is 5.41 Å². The highest BCUT2D eigenvalue weighted by Crippen LogP contribution is 2.31. The maximum Gasteiger partial charge on any atom is 0.240 e. The normalized spacial score (nSPS) is 17.6. The lowest BCUT2D eigenvalue weighted by molar-refractivity contribution is -0.130. The molecule has 27 heavy (non-hydrogen) atoms. The van der Waals surface area contributed by atoms with Gasteiger partial charge < -0.3 is 15.4 Å². The minimum absolute atomic E-state index is 0. The third kappa shape index (κ3) is 6.15. The van der Waals surface area contributed by atoms with Crippen molar-refractivity contribution in [2.45, 2.75) is 44.0 Å². The van der Waals surface area contributed by atoms with Crippen LogP contribution < -0.4 is 15.4 Å². The number of benzene rings is 1. The van der Waals surface area contributed by atoms with Crippen LogP contribution >= 0.6 is 12.4 Å². The molecule has 1 atom stereocenters. The number of ether oxygens (including phenoxy) is 1. The zero-order valence-electron chi connectivity index (χ0n) is 16.1. The quantitative estimate of drug-likeness (QED) is 0.599. The van der Waals surface area contributed by atoms with Crippen LogP contribution in [0.2, 0.25) is 0 Å². The number of anilines is 1. The Kier molecular flexibility index (Phi) is 9.17. The second kappa shape index (κ2) is 10.4. The number of hydrogen-bond acceptors (Lipinski definition) is 5. The first kappa shape index (κ1) is 23.8. The van der Waals surface area contributed by atoms with Crippen molar-refractivity contribution in [3.63, 3.8) is 0 Å². The third-order valence-electron chi connectivity index (χ3n) is 4.83. The van der Waals surface area contributed by atoms with E-state index in [1.165, 1.54) is 12.1 Å². The molecule has 0 aromatic heterocycles. The van der Waals surface area contributed by atoms with E-state index in [0.29, 0.717) is 31.6 Å². The smallest absolute Gasteiger partial charge is 0.240 e. The van der Waals surface area contributed by atoms with Crippen molar-refractivity contribution in [1.82, 2.24) is 10.0 Å². The van der Waals surface area contributed by atoms with Gasteiger partial charge in [-0.2, -0.15) is 0 Å². The van der Waals surface area contributed by atoms with Crippen LogP contribution in [0.25, 0.3) is 0 Å². The molecule has 1 fully saturated rings. The fraction of sp³-hybridized carbons (Fsp3) is 0.611. The van der Waals surface area contributed by atoms with Crippen LogP contribution in [0.15, 0.2) is 29.2 Å². The van der Waals surface area contributed by atoms with E-state index in [-0.39, 0.29) is 29.3 Å². The Balaban J connectivity index is 0.00000364. The third-order valence-corrected chi connectivity index (χ3v) is 6.42. The van der Waals surface area contributed by atoms with Crippen LogP contribution in [0.4, 0.5) is 5.69 Å². The van der Waals surface area contributed by atoms with Gasteiger partial charge in [0.15, 0.2) is 0 Å². The topological polar surface area (TPSA) is 96.5 Å². The molecule has 1 aliphatic heterocycles. The van der Waals surface area contributed by atoms with Crippen molar-refractivity contribution in [3.05, 3.63) is 24.3 Å². The number of carbonyl (C=O) groups excluding carboxylic acids is 1. The number of amides is 1. The molecule has 0 spiro atoms. The molecule has 0 radical (unpaired) electrons. The number of piperidine rings is 1. The lowest BCUT2D eigenvalue weighted by Gasteiger charge is -2.35. The number of nitrogens with one attached hydrogen (secondary N) is 3. The van der Waals surface area contributed by atoms with Gasteiger partial charge >= 0.3 is 0 Å². The van der Waals surface area contributed by atoms with Crippen LogP contribution in [0.1, 0.15) is 33.1 Å². The zero-order chi connectivity index (χ0) is 19.2. The van der Waals surface area contributed by atoms with Gasteiger partial charge in [-0.1, -0.05) is 13.0 Å². The molecule has 1 aromatic rings. The molecule has 0 saturated carbocycles. The van der Waals surface area contributed by atoms with Gasteiger partial charge in [0, 0.05) is 18.8 Å². The number of halogens is 1. The highest BCUT2D eigenvalue weighted by atomic mass is 35.5. The number of hydrogen-bond donors (Lipinski definition) is 3. The minimum atomic E-state index is -3.62. The van der Waals surface area contributed by atoms with Crippen LogP contribution in [0.5, 0.6) is 0 Å². The number of sulfonamides is 1. The summed E-state index contributed by atoms with van der Waals surface area (Å²) in [4.78, 5) is 13.0. The Morgan fingerprint density at radius 3 is 2.59 bits per heavy atom. The Morgan fingerprint density at radius 2 is 2.00 bits per heavy atom. The molecule has 2 rings (SSSR count). The molecule has 154 valence electrons. The average Bonchev–Trinajstić information content (AvgIpc) is 2.62.